The summed E-state index contributed by atoms with van der Waals surface area (Å²) in [6.07, 6.45) is 4.61. The second-order valence-corrected chi connectivity index (χ2v) is 5.95. The molecule has 132 valence electrons. The molecule has 4 nitrogen and oxygen atoms in total. The first kappa shape index (κ1) is 17.6. The number of carbonyl (C=O) groups excluding carboxylic acids is 1. The van der Waals surface area contributed by atoms with Gasteiger partial charge in [0.15, 0.2) is 0 Å². The van der Waals surface area contributed by atoms with Crippen LogP contribution >= 0.6 is 0 Å². The summed E-state index contributed by atoms with van der Waals surface area (Å²) in [6.45, 7) is 4.10. The van der Waals surface area contributed by atoms with Gasteiger partial charge < -0.3 is 10.3 Å². The van der Waals surface area contributed by atoms with Crippen LogP contribution in [0.3, 0.4) is 0 Å². The largest absolute Gasteiger partial charge is 0.352 e. The molecular formula is C21H20FN3O. The Morgan fingerprint density at radius 3 is 2.50 bits per heavy atom. The number of carbonyl (C=O) groups is 1. The highest BCUT2D eigenvalue weighted by Gasteiger charge is 2.06. The number of hydrogen-bond acceptors (Lipinski definition) is 2. The molecule has 0 saturated heterocycles. The first-order chi connectivity index (χ1) is 12.7. The summed E-state index contributed by atoms with van der Waals surface area (Å²) in [4.78, 5) is 19.3. The number of allylic oxidation sites excluding steroid dienone is 1. The van der Waals surface area contributed by atoms with Gasteiger partial charge in [-0.15, -0.1) is 6.58 Å². The van der Waals surface area contributed by atoms with E-state index in [-0.39, 0.29) is 11.7 Å². The van der Waals surface area contributed by atoms with Crippen molar-refractivity contribution in [1.29, 1.82) is 0 Å². The minimum Gasteiger partial charge on any atom is -0.352 e. The fourth-order valence-corrected chi connectivity index (χ4v) is 2.55. The lowest BCUT2D eigenvalue weighted by Gasteiger charge is -2.05. The number of H-pyrrole nitrogens is 1. The molecule has 1 aromatic heterocycles. The maximum absolute atomic E-state index is 13.0. The van der Waals surface area contributed by atoms with Gasteiger partial charge >= 0.3 is 0 Å². The Bertz CT molecular complexity index is 882. The van der Waals surface area contributed by atoms with E-state index in [0.717, 1.165) is 28.2 Å². The van der Waals surface area contributed by atoms with Crippen molar-refractivity contribution in [2.24, 2.45) is 0 Å². The van der Waals surface area contributed by atoms with Gasteiger partial charge in [0.05, 0.1) is 11.9 Å². The number of benzene rings is 2. The Morgan fingerprint density at radius 2 is 1.81 bits per heavy atom. The summed E-state index contributed by atoms with van der Waals surface area (Å²) in [6, 6.07) is 14.1. The Morgan fingerprint density at radius 1 is 1.12 bits per heavy atom. The molecule has 0 radical (unpaired) electrons. The maximum Gasteiger partial charge on any atom is 0.220 e. The van der Waals surface area contributed by atoms with Crippen molar-refractivity contribution < 1.29 is 9.18 Å². The highest BCUT2D eigenvalue weighted by Crippen LogP contribution is 2.22. The fourth-order valence-electron chi connectivity index (χ4n) is 2.55. The van der Waals surface area contributed by atoms with Crippen LogP contribution in [0.2, 0.25) is 0 Å². The van der Waals surface area contributed by atoms with Gasteiger partial charge in [-0.1, -0.05) is 30.3 Å². The molecule has 0 aliphatic heterocycles. The van der Waals surface area contributed by atoms with E-state index >= 15 is 0 Å². The van der Waals surface area contributed by atoms with Gasteiger partial charge in [0.1, 0.15) is 11.6 Å². The monoisotopic (exact) mass is 349 g/mol. The minimum atomic E-state index is -0.263. The summed E-state index contributed by atoms with van der Waals surface area (Å²) in [5, 5.41) is 2.88. The van der Waals surface area contributed by atoms with Gasteiger partial charge in [-0.05, 0) is 41.8 Å². The molecule has 3 rings (SSSR count). The average Bonchev–Trinajstić information content (AvgIpc) is 3.16. The van der Waals surface area contributed by atoms with Crippen LogP contribution in [-0.2, 0) is 11.3 Å². The van der Waals surface area contributed by atoms with E-state index in [1.54, 1.807) is 24.4 Å². The predicted octanol–water partition coefficient (Wildman–Crippen LogP) is 4.47. The van der Waals surface area contributed by atoms with Gasteiger partial charge in [-0.25, -0.2) is 9.37 Å². The third-order valence-electron chi connectivity index (χ3n) is 4.02. The summed E-state index contributed by atoms with van der Waals surface area (Å²) < 4.78 is 13.0. The number of aromatic amines is 1. The molecule has 5 heteroatoms. The molecule has 2 aromatic carbocycles. The van der Waals surface area contributed by atoms with Crippen LogP contribution in [0.5, 0.6) is 0 Å². The van der Waals surface area contributed by atoms with E-state index in [1.807, 2.05) is 24.3 Å². The van der Waals surface area contributed by atoms with Crippen molar-refractivity contribution in [3.05, 3.63) is 78.8 Å². The summed E-state index contributed by atoms with van der Waals surface area (Å²) in [7, 11) is 0. The summed E-state index contributed by atoms with van der Waals surface area (Å²) in [5.74, 6) is 0.496. The molecule has 0 spiro atoms. The molecule has 0 aliphatic rings. The lowest BCUT2D eigenvalue weighted by molar-refractivity contribution is -0.121. The topological polar surface area (TPSA) is 57.8 Å². The van der Waals surface area contributed by atoms with Crippen LogP contribution < -0.4 is 5.32 Å². The lowest BCUT2D eigenvalue weighted by Crippen LogP contribution is -2.22. The molecule has 0 fully saturated rings. The van der Waals surface area contributed by atoms with Crippen molar-refractivity contribution in [2.45, 2.75) is 19.4 Å². The highest BCUT2D eigenvalue weighted by molar-refractivity contribution is 5.76. The zero-order valence-electron chi connectivity index (χ0n) is 14.3. The molecule has 26 heavy (non-hydrogen) atoms. The van der Waals surface area contributed by atoms with Gasteiger partial charge in [0.25, 0.3) is 0 Å². The quantitative estimate of drug-likeness (QED) is 0.619. The van der Waals surface area contributed by atoms with E-state index in [4.69, 9.17) is 0 Å². The van der Waals surface area contributed by atoms with Gasteiger partial charge in [-0.3, -0.25) is 4.79 Å². The average molecular weight is 349 g/mol. The van der Waals surface area contributed by atoms with Crippen LogP contribution in [0.25, 0.3) is 22.6 Å². The van der Waals surface area contributed by atoms with E-state index in [0.29, 0.717) is 19.4 Å². The second-order valence-electron chi connectivity index (χ2n) is 5.95. The molecule has 0 aliphatic carbocycles. The third-order valence-corrected chi connectivity index (χ3v) is 4.02. The molecule has 1 amide bonds. The molecular weight excluding hydrogens is 329 g/mol. The van der Waals surface area contributed by atoms with Crippen LogP contribution in [0.4, 0.5) is 4.39 Å². The molecule has 2 N–H and O–H groups in total. The second kappa shape index (κ2) is 8.25. The zero-order valence-corrected chi connectivity index (χ0v) is 14.3. The van der Waals surface area contributed by atoms with Crippen molar-refractivity contribution >= 4 is 5.91 Å². The first-order valence-corrected chi connectivity index (χ1v) is 8.43. The standard InChI is InChI=1S/C21H20FN3O/c1-2-3-4-20(26)23-13-15-5-7-17(8-6-15)21-24-14-19(25-21)16-9-11-18(22)12-10-16/h2,5-12,14H,1,3-4,13H2,(H,23,26)(H,24,25). The van der Waals surface area contributed by atoms with Crippen molar-refractivity contribution in [1.82, 2.24) is 15.3 Å². The smallest absolute Gasteiger partial charge is 0.220 e. The number of nitrogens with one attached hydrogen (secondary N) is 2. The first-order valence-electron chi connectivity index (χ1n) is 8.43. The van der Waals surface area contributed by atoms with Crippen molar-refractivity contribution in [2.75, 3.05) is 0 Å². The van der Waals surface area contributed by atoms with E-state index in [1.165, 1.54) is 12.1 Å². The van der Waals surface area contributed by atoms with Crippen LogP contribution in [-0.4, -0.2) is 15.9 Å². The summed E-state index contributed by atoms with van der Waals surface area (Å²) in [5.41, 5.74) is 3.67. The molecule has 0 bridgehead atoms. The van der Waals surface area contributed by atoms with Crippen molar-refractivity contribution in [3.63, 3.8) is 0 Å². The number of amides is 1. The molecule has 3 aromatic rings. The molecule has 0 atom stereocenters. The Labute approximate surface area is 151 Å². The minimum absolute atomic E-state index is 0.0175. The normalized spacial score (nSPS) is 10.5. The fraction of sp³-hybridized carbons (Fsp3) is 0.143. The Balaban J connectivity index is 1.64. The predicted molar refractivity (Wildman–Crippen MR) is 101 cm³/mol. The third kappa shape index (κ3) is 4.45. The molecule has 0 unspecified atom stereocenters. The highest BCUT2D eigenvalue weighted by atomic mass is 19.1. The molecule has 1 heterocycles. The van der Waals surface area contributed by atoms with Crippen molar-refractivity contribution in [3.8, 4) is 22.6 Å². The molecule has 0 saturated carbocycles. The van der Waals surface area contributed by atoms with Crippen LogP contribution in [0.1, 0.15) is 18.4 Å². The number of nitrogens with zero attached hydrogens (tertiary/aromatic N) is 1. The Hall–Kier alpha value is -3.21. The lowest BCUT2D eigenvalue weighted by atomic mass is 10.1. The number of imidazole rings is 1. The van der Waals surface area contributed by atoms with E-state index in [9.17, 15) is 9.18 Å². The van der Waals surface area contributed by atoms with E-state index < -0.39 is 0 Å². The van der Waals surface area contributed by atoms with Gasteiger partial charge in [0.2, 0.25) is 5.91 Å². The maximum atomic E-state index is 13.0. The Kier molecular flexibility index (Phi) is 5.59. The van der Waals surface area contributed by atoms with Crippen LogP contribution in [0.15, 0.2) is 67.4 Å². The number of rotatable bonds is 7. The SMILES string of the molecule is C=CCCC(=O)NCc1ccc(-c2ncc(-c3ccc(F)cc3)[nH]2)cc1. The van der Waals surface area contributed by atoms with Gasteiger partial charge in [-0.2, -0.15) is 0 Å². The zero-order chi connectivity index (χ0) is 18.4. The number of hydrogen-bond donors (Lipinski definition) is 2. The van der Waals surface area contributed by atoms with E-state index in [2.05, 4.69) is 21.9 Å². The summed E-state index contributed by atoms with van der Waals surface area (Å²) >= 11 is 0. The van der Waals surface area contributed by atoms with Crippen LogP contribution in [0, 0.1) is 5.82 Å². The number of aromatic nitrogens is 2. The number of halogens is 1. The van der Waals surface area contributed by atoms with Gasteiger partial charge in [0, 0.05) is 18.5 Å².